The van der Waals surface area contributed by atoms with Gasteiger partial charge in [-0.1, -0.05) is 67.7 Å². The number of ether oxygens (including phenoxy) is 1. The van der Waals surface area contributed by atoms with E-state index in [0.717, 1.165) is 16.9 Å². The summed E-state index contributed by atoms with van der Waals surface area (Å²) in [4.78, 5) is 0.484. The van der Waals surface area contributed by atoms with Crippen molar-refractivity contribution in [1.29, 1.82) is 0 Å². The summed E-state index contributed by atoms with van der Waals surface area (Å²) in [5.41, 5.74) is 7.82. The summed E-state index contributed by atoms with van der Waals surface area (Å²) >= 11 is 4.96. The smallest absolute Gasteiger partial charge is 0.127 e. The molecular formula is C16H17NOS. The molecule has 2 N–H and O–H groups in total. The lowest BCUT2D eigenvalue weighted by Gasteiger charge is -2.14. The van der Waals surface area contributed by atoms with Crippen molar-refractivity contribution in [2.24, 2.45) is 11.7 Å². The van der Waals surface area contributed by atoms with Gasteiger partial charge in [-0.25, -0.2) is 0 Å². The molecule has 0 radical (unpaired) electrons. The van der Waals surface area contributed by atoms with Crippen LogP contribution in [0.1, 0.15) is 6.92 Å². The molecule has 0 aromatic heterocycles. The average Bonchev–Trinajstić information content (AvgIpc) is 2.46. The Bertz CT molecular complexity index is 554. The molecule has 0 saturated heterocycles. The van der Waals surface area contributed by atoms with Crippen LogP contribution >= 0.6 is 12.2 Å². The zero-order valence-electron chi connectivity index (χ0n) is 10.9. The van der Waals surface area contributed by atoms with Crippen LogP contribution < -0.4 is 10.5 Å². The van der Waals surface area contributed by atoms with Crippen LogP contribution in [-0.4, -0.2) is 11.6 Å². The van der Waals surface area contributed by atoms with Gasteiger partial charge in [0.05, 0.1) is 11.6 Å². The van der Waals surface area contributed by atoms with Crippen LogP contribution in [0.25, 0.3) is 11.1 Å². The largest absolute Gasteiger partial charge is 0.492 e. The molecule has 0 aliphatic heterocycles. The molecule has 2 rings (SSSR count). The first-order valence-corrected chi connectivity index (χ1v) is 6.66. The first kappa shape index (κ1) is 13.6. The maximum absolute atomic E-state index is 5.85. The summed E-state index contributed by atoms with van der Waals surface area (Å²) in [6.45, 7) is 2.46. The van der Waals surface area contributed by atoms with E-state index in [1.165, 1.54) is 0 Å². The molecule has 0 bridgehead atoms. The van der Waals surface area contributed by atoms with E-state index in [1.807, 2.05) is 43.3 Å². The van der Waals surface area contributed by atoms with Gasteiger partial charge in [-0.2, -0.15) is 0 Å². The van der Waals surface area contributed by atoms with E-state index >= 15 is 0 Å². The second kappa shape index (κ2) is 6.34. The van der Waals surface area contributed by atoms with Crippen molar-refractivity contribution < 1.29 is 4.74 Å². The third kappa shape index (κ3) is 3.55. The fourth-order valence-corrected chi connectivity index (χ4v) is 1.81. The van der Waals surface area contributed by atoms with Gasteiger partial charge in [0.2, 0.25) is 0 Å². The molecule has 0 spiro atoms. The van der Waals surface area contributed by atoms with E-state index in [1.54, 1.807) is 0 Å². The van der Waals surface area contributed by atoms with E-state index in [9.17, 15) is 0 Å². The lowest BCUT2D eigenvalue weighted by Crippen LogP contribution is -2.24. The summed E-state index contributed by atoms with van der Waals surface area (Å²) < 4.78 is 5.85. The average molecular weight is 271 g/mol. The second-order valence-corrected chi connectivity index (χ2v) is 4.95. The number of hydrogen-bond donors (Lipinski definition) is 1. The standard InChI is InChI=1S/C16H17NOS/c1-12(16(17)19)11-18-15-10-6-5-9-14(15)13-7-3-2-4-8-13/h2-10,12H,11H2,1H3,(H2,17,19). The van der Waals surface area contributed by atoms with Gasteiger partial charge in [-0.15, -0.1) is 0 Å². The summed E-state index contributed by atoms with van der Waals surface area (Å²) in [7, 11) is 0. The summed E-state index contributed by atoms with van der Waals surface area (Å²) in [5.74, 6) is 0.927. The Balaban J connectivity index is 2.20. The summed E-state index contributed by atoms with van der Waals surface area (Å²) in [6, 6.07) is 18.2. The topological polar surface area (TPSA) is 35.2 Å². The number of nitrogens with two attached hydrogens (primary N) is 1. The molecule has 2 nitrogen and oxygen atoms in total. The van der Waals surface area contributed by atoms with Crippen molar-refractivity contribution in [3.8, 4) is 16.9 Å². The molecule has 0 aliphatic carbocycles. The highest BCUT2D eigenvalue weighted by atomic mass is 32.1. The van der Waals surface area contributed by atoms with Crippen molar-refractivity contribution in [2.45, 2.75) is 6.92 Å². The number of thiocarbonyl (C=S) groups is 1. The fraction of sp³-hybridized carbons (Fsp3) is 0.188. The molecule has 0 aliphatic rings. The van der Waals surface area contributed by atoms with Crippen molar-refractivity contribution in [1.82, 2.24) is 0 Å². The Labute approximate surface area is 119 Å². The summed E-state index contributed by atoms with van der Waals surface area (Å²) in [6.07, 6.45) is 0. The zero-order valence-corrected chi connectivity index (χ0v) is 11.7. The molecule has 0 amide bonds. The number of rotatable bonds is 5. The molecule has 1 unspecified atom stereocenters. The van der Waals surface area contributed by atoms with Gasteiger partial charge in [0.1, 0.15) is 5.75 Å². The Kier molecular flexibility index (Phi) is 4.53. The van der Waals surface area contributed by atoms with Gasteiger partial charge in [0, 0.05) is 11.5 Å². The Hall–Kier alpha value is -1.87. The highest BCUT2D eigenvalue weighted by molar-refractivity contribution is 7.80. The van der Waals surface area contributed by atoms with E-state index in [0.29, 0.717) is 11.6 Å². The van der Waals surface area contributed by atoms with Crippen LogP contribution in [0.2, 0.25) is 0 Å². The number of benzene rings is 2. The van der Waals surface area contributed by atoms with Crippen molar-refractivity contribution >= 4 is 17.2 Å². The monoisotopic (exact) mass is 271 g/mol. The second-order valence-electron chi connectivity index (χ2n) is 4.48. The number of para-hydroxylation sites is 1. The predicted molar refractivity (Wildman–Crippen MR) is 83.3 cm³/mol. The molecular weight excluding hydrogens is 254 g/mol. The van der Waals surface area contributed by atoms with Crippen LogP contribution in [-0.2, 0) is 0 Å². The minimum absolute atomic E-state index is 0.0684. The van der Waals surface area contributed by atoms with Crippen LogP contribution in [0, 0.1) is 5.92 Å². The molecule has 0 heterocycles. The highest BCUT2D eigenvalue weighted by Gasteiger charge is 2.09. The predicted octanol–water partition coefficient (Wildman–Crippen LogP) is 3.65. The van der Waals surface area contributed by atoms with Gasteiger partial charge < -0.3 is 10.5 Å². The van der Waals surface area contributed by atoms with E-state index < -0.39 is 0 Å². The third-order valence-electron chi connectivity index (χ3n) is 2.95. The van der Waals surface area contributed by atoms with Gasteiger partial charge in [0.15, 0.2) is 0 Å². The van der Waals surface area contributed by atoms with E-state index in [-0.39, 0.29) is 5.92 Å². The molecule has 2 aromatic rings. The lowest BCUT2D eigenvalue weighted by molar-refractivity contribution is 0.294. The first-order valence-electron chi connectivity index (χ1n) is 6.25. The Morgan fingerprint density at radius 2 is 1.74 bits per heavy atom. The summed E-state index contributed by atoms with van der Waals surface area (Å²) in [5, 5.41) is 0. The minimum atomic E-state index is 0.0684. The zero-order chi connectivity index (χ0) is 13.7. The molecule has 2 aromatic carbocycles. The normalized spacial score (nSPS) is 11.8. The molecule has 3 heteroatoms. The minimum Gasteiger partial charge on any atom is -0.492 e. The Morgan fingerprint density at radius 3 is 2.42 bits per heavy atom. The molecule has 1 atom stereocenters. The molecule has 19 heavy (non-hydrogen) atoms. The maximum Gasteiger partial charge on any atom is 0.127 e. The molecule has 98 valence electrons. The number of hydrogen-bond acceptors (Lipinski definition) is 2. The quantitative estimate of drug-likeness (QED) is 0.843. The van der Waals surface area contributed by atoms with Crippen LogP contribution in [0.15, 0.2) is 54.6 Å². The third-order valence-corrected chi connectivity index (χ3v) is 3.35. The lowest BCUT2D eigenvalue weighted by atomic mass is 10.0. The van der Waals surface area contributed by atoms with Gasteiger partial charge in [0.25, 0.3) is 0 Å². The molecule has 0 fully saturated rings. The van der Waals surface area contributed by atoms with E-state index in [4.69, 9.17) is 22.7 Å². The van der Waals surface area contributed by atoms with Crippen molar-refractivity contribution in [3.05, 3.63) is 54.6 Å². The van der Waals surface area contributed by atoms with Crippen LogP contribution in [0.3, 0.4) is 0 Å². The van der Waals surface area contributed by atoms with Crippen LogP contribution in [0.4, 0.5) is 0 Å². The van der Waals surface area contributed by atoms with Gasteiger partial charge in [-0.05, 0) is 11.6 Å². The maximum atomic E-state index is 5.85. The molecule has 0 saturated carbocycles. The fourth-order valence-electron chi connectivity index (χ4n) is 1.75. The highest BCUT2D eigenvalue weighted by Crippen LogP contribution is 2.29. The van der Waals surface area contributed by atoms with Crippen molar-refractivity contribution in [3.63, 3.8) is 0 Å². The van der Waals surface area contributed by atoms with Gasteiger partial charge in [-0.3, -0.25) is 0 Å². The van der Waals surface area contributed by atoms with Crippen molar-refractivity contribution in [2.75, 3.05) is 6.61 Å². The SMILES string of the molecule is CC(COc1ccccc1-c1ccccc1)C(N)=S. The first-order chi connectivity index (χ1) is 9.18. The van der Waals surface area contributed by atoms with Crippen LogP contribution in [0.5, 0.6) is 5.75 Å². The van der Waals surface area contributed by atoms with Gasteiger partial charge >= 0.3 is 0 Å². The Morgan fingerprint density at radius 1 is 1.11 bits per heavy atom. The van der Waals surface area contributed by atoms with E-state index in [2.05, 4.69) is 18.2 Å².